The zero-order valence-corrected chi connectivity index (χ0v) is 14.0. The Morgan fingerprint density at radius 2 is 1.87 bits per heavy atom. The van der Waals surface area contributed by atoms with Gasteiger partial charge in [-0.05, 0) is 42.8 Å². The number of anilines is 1. The molecule has 120 valence electrons. The van der Waals surface area contributed by atoms with Crippen molar-refractivity contribution in [1.29, 1.82) is 0 Å². The summed E-state index contributed by atoms with van der Waals surface area (Å²) < 4.78 is 5.60. The number of fused-ring (bicyclic) bond motifs is 1. The third-order valence-electron chi connectivity index (χ3n) is 3.41. The predicted octanol–water partition coefficient (Wildman–Crippen LogP) is 4.73. The van der Waals surface area contributed by atoms with E-state index in [9.17, 15) is 0 Å². The highest BCUT2D eigenvalue weighted by Gasteiger charge is 2.03. The summed E-state index contributed by atoms with van der Waals surface area (Å²) in [7, 11) is 0. The fourth-order valence-corrected chi connectivity index (χ4v) is 2.56. The summed E-state index contributed by atoms with van der Waals surface area (Å²) >= 11 is 11.9. The zero-order chi connectivity index (χ0) is 16.1. The number of rotatable bonds is 7. The van der Waals surface area contributed by atoms with Crippen LogP contribution in [-0.2, 0) is 6.54 Å². The fourth-order valence-electron chi connectivity index (χ4n) is 2.24. The lowest BCUT2D eigenvalue weighted by Gasteiger charge is -2.06. The van der Waals surface area contributed by atoms with Crippen LogP contribution in [0.15, 0.2) is 46.9 Å². The molecule has 3 rings (SSSR count). The number of para-hydroxylation sites is 2. The van der Waals surface area contributed by atoms with Crippen LogP contribution in [0.2, 0.25) is 10.0 Å². The molecule has 23 heavy (non-hydrogen) atoms. The van der Waals surface area contributed by atoms with E-state index in [-0.39, 0.29) is 0 Å². The molecular formula is C17H17Cl2N3O. The molecule has 6 heteroatoms. The summed E-state index contributed by atoms with van der Waals surface area (Å²) in [6.45, 7) is 2.44. The van der Waals surface area contributed by atoms with Gasteiger partial charge in [0.15, 0.2) is 5.58 Å². The molecular weight excluding hydrogens is 333 g/mol. The molecule has 2 N–H and O–H groups in total. The van der Waals surface area contributed by atoms with Gasteiger partial charge >= 0.3 is 0 Å². The maximum atomic E-state index is 5.99. The molecule has 0 bridgehead atoms. The molecule has 0 amide bonds. The van der Waals surface area contributed by atoms with Gasteiger partial charge in [-0.1, -0.05) is 41.4 Å². The van der Waals surface area contributed by atoms with Crippen molar-refractivity contribution in [3.63, 3.8) is 0 Å². The highest BCUT2D eigenvalue weighted by Crippen LogP contribution is 2.22. The summed E-state index contributed by atoms with van der Waals surface area (Å²) in [5.41, 5.74) is 2.78. The van der Waals surface area contributed by atoms with E-state index < -0.39 is 0 Å². The largest absolute Gasteiger partial charge is 0.424 e. The number of nitrogens with zero attached hydrogens (tertiary/aromatic N) is 1. The van der Waals surface area contributed by atoms with E-state index in [1.165, 1.54) is 0 Å². The second kappa shape index (κ2) is 7.68. The maximum Gasteiger partial charge on any atom is 0.295 e. The molecule has 4 nitrogen and oxygen atoms in total. The van der Waals surface area contributed by atoms with E-state index in [0.717, 1.165) is 42.7 Å². The number of hydrogen-bond donors (Lipinski definition) is 2. The minimum atomic E-state index is 0.565. The summed E-state index contributed by atoms with van der Waals surface area (Å²) in [6.07, 6.45) is 0.958. The number of aromatic nitrogens is 1. The standard InChI is InChI=1S/C17H17Cl2N3O/c18-13-7-6-12(10-14(13)19)11-20-8-3-9-21-17-22-15-4-1-2-5-16(15)23-17/h1-2,4-7,10,20H,3,8-9,11H2,(H,21,22). The summed E-state index contributed by atoms with van der Waals surface area (Å²) in [6, 6.07) is 14.0. The first kappa shape index (κ1) is 16.1. The number of hydrogen-bond acceptors (Lipinski definition) is 4. The molecule has 1 aromatic heterocycles. The van der Waals surface area contributed by atoms with Crippen molar-refractivity contribution in [2.24, 2.45) is 0 Å². The summed E-state index contributed by atoms with van der Waals surface area (Å²) in [5.74, 6) is 0. The van der Waals surface area contributed by atoms with Crippen molar-refractivity contribution in [3.05, 3.63) is 58.1 Å². The zero-order valence-electron chi connectivity index (χ0n) is 12.5. The number of oxazole rings is 1. The van der Waals surface area contributed by atoms with Crippen LogP contribution in [0.25, 0.3) is 11.1 Å². The van der Waals surface area contributed by atoms with E-state index in [1.807, 2.05) is 42.5 Å². The Hall–Kier alpha value is -1.75. The van der Waals surface area contributed by atoms with Crippen molar-refractivity contribution in [3.8, 4) is 0 Å². The van der Waals surface area contributed by atoms with Crippen LogP contribution in [-0.4, -0.2) is 18.1 Å². The molecule has 0 spiro atoms. The normalized spacial score (nSPS) is 11.0. The highest BCUT2D eigenvalue weighted by molar-refractivity contribution is 6.42. The topological polar surface area (TPSA) is 50.1 Å². The number of nitrogens with one attached hydrogen (secondary N) is 2. The first-order valence-electron chi connectivity index (χ1n) is 7.46. The molecule has 0 aliphatic rings. The SMILES string of the molecule is Clc1ccc(CNCCCNc2nc3ccccc3o2)cc1Cl. The van der Waals surface area contributed by atoms with Gasteiger partial charge in [-0.25, -0.2) is 0 Å². The Balaban J connectivity index is 1.37. The van der Waals surface area contributed by atoms with Crippen LogP contribution in [0.4, 0.5) is 6.01 Å². The molecule has 0 saturated carbocycles. The lowest BCUT2D eigenvalue weighted by molar-refractivity contribution is 0.605. The Kier molecular flexibility index (Phi) is 5.39. The summed E-state index contributed by atoms with van der Waals surface area (Å²) in [5, 5.41) is 7.73. The van der Waals surface area contributed by atoms with Crippen molar-refractivity contribution in [2.45, 2.75) is 13.0 Å². The molecule has 0 aliphatic heterocycles. The lowest BCUT2D eigenvalue weighted by atomic mass is 10.2. The van der Waals surface area contributed by atoms with Gasteiger partial charge in [-0.3, -0.25) is 0 Å². The summed E-state index contributed by atoms with van der Waals surface area (Å²) in [4.78, 5) is 4.37. The van der Waals surface area contributed by atoms with Gasteiger partial charge in [0.1, 0.15) is 5.52 Å². The van der Waals surface area contributed by atoms with Crippen molar-refractivity contribution >= 4 is 40.3 Å². The number of benzene rings is 2. The van der Waals surface area contributed by atoms with Crippen LogP contribution in [0.5, 0.6) is 0 Å². The molecule has 0 saturated heterocycles. The molecule has 3 aromatic rings. The minimum Gasteiger partial charge on any atom is -0.424 e. The van der Waals surface area contributed by atoms with E-state index in [0.29, 0.717) is 16.1 Å². The van der Waals surface area contributed by atoms with Gasteiger partial charge in [0.25, 0.3) is 6.01 Å². The van der Waals surface area contributed by atoms with Gasteiger partial charge in [0, 0.05) is 13.1 Å². The van der Waals surface area contributed by atoms with Gasteiger partial charge in [0.2, 0.25) is 0 Å². The molecule has 0 aliphatic carbocycles. The van der Waals surface area contributed by atoms with Gasteiger partial charge < -0.3 is 15.1 Å². The molecule has 1 heterocycles. The van der Waals surface area contributed by atoms with Gasteiger partial charge in [-0.15, -0.1) is 0 Å². The van der Waals surface area contributed by atoms with Crippen molar-refractivity contribution in [1.82, 2.24) is 10.3 Å². The van der Waals surface area contributed by atoms with E-state index >= 15 is 0 Å². The highest BCUT2D eigenvalue weighted by atomic mass is 35.5. The third-order valence-corrected chi connectivity index (χ3v) is 4.15. The van der Waals surface area contributed by atoms with Gasteiger partial charge in [0.05, 0.1) is 10.0 Å². The van der Waals surface area contributed by atoms with Crippen LogP contribution in [0.1, 0.15) is 12.0 Å². The first-order chi connectivity index (χ1) is 11.2. The van der Waals surface area contributed by atoms with E-state index in [1.54, 1.807) is 0 Å². The predicted molar refractivity (Wildman–Crippen MR) is 95.3 cm³/mol. The third kappa shape index (κ3) is 4.38. The molecule has 0 atom stereocenters. The number of halogens is 2. The Bertz CT molecular complexity index is 755. The van der Waals surface area contributed by atoms with E-state index in [2.05, 4.69) is 15.6 Å². The Labute approximate surface area is 144 Å². The molecule has 0 unspecified atom stereocenters. The molecule has 2 aromatic carbocycles. The fraction of sp³-hybridized carbons (Fsp3) is 0.235. The first-order valence-corrected chi connectivity index (χ1v) is 8.22. The lowest BCUT2D eigenvalue weighted by Crippen LogP contribution is -2.17. The minimum absolute atomic E-state index is 0.565. The average Bonchev–Trinajstić information content (AvgIpc) is 2.96. The van der Waals surface area contributed by atoms with Gasteiger partial charge in [-0.2, -0.15) is 4.98 Å². The van der Waals surface area contributed by atoms with Crippen LogP contribution < -0.4 is 10.6 Å². The van der Waals surface area contributed by atoms with Crippen LogP contribution >= 0.6 is 23.2 Å². The van der Waals surface area contributed by atoms with E-state index in [4.69, 9.17) is 27.6 Å². The monoisotopic (exact) mass is 349 g/mol. The Morgan fingerprint density at radius 1 is 1.00 bits per heavy atom. The quantitative estimate of drug-likeness (QED) is 0.605. The van der Waals surface area contributed by atoms with Crippen LogP contribution in [0.3, 0.4) is 0 Å². The molecule has 0 radical (unpaired) electrons. The smallest absolute Gasteiger partial charge is 0.295 e. The molecule has 0 fully saturated rings. The average molecular weight is 350 g/mol. The van der Waals surface area contributed by atoms with Crippen LogP contribution in [0, 0.1) is 0 Å². The second-order valence-corrected chi connectivity index (χ2v) is 6.01. The Morgan fingerprint density at radius 3 is 2.70 bits per heavy atom. The second-order valence-electron chi connectivity index (χ2n) is 5.19. The van der Waals surface area contributed by atoms with Crippen molar-refractivity contribution < 1.29 is 4.42 Å². The maximum absolute atomic E-state index is 5.99. The van der Waals surface area contributed by atoms with Crippen molar-refractivity contribution in [2.75, 3.05) is 18.4 Å².